The number of fused-ring (bicyclic) bond motifs is 4. The molecule has 1 atom stereocenters. The molecule has 0 bridgehead atoms. The van der Waals surface area contributed by atoms with Crippen LogP contribution >= 0.6 is 0 Å². The van der Waals surface area contributed by atoms with E-state index in [1.807, 2.05) is 18.2 Å². The molecule has 9 nitrogen and oxygen atoms in total. The fourth-order valence-electron chi connectivity index (χ4n) is 4.57. The second-order valence-corrected chi connectivity index (χ2v) is 8.64. The Bertz CT molecular complexity index is 1490. The Kier molecular flexibility index (Phi) is 6.00. The van der Waals surface area contributed by atoms with Gasteiger partial charge < -0.3 is 29.5 Å². The highest BCUT2D eigenvalue weighted by Gasteiger charge is 2.29. The SMILES string of the molecule is Cc1cc(=O)oc2cc(OCC(=O)NC(CO)C(=O)N3CCc4c([nH]c5ccccc45)C3)ccc12. The highest BCUT2D eigenvalue weighted by molar-refractivity contribution is 5.89. The number of hydrogen-bond acceptors (Lipinski definition) is 6. The van der Waals surface area contributed by atoms with Crippen molar-refractivity contribution >= 4 is 33.7 Å². The molecule has 4 aromatic rings. The molecule has 3 N–H and O–H groups in total. The van der Waals surface area contributed by atoms with E-state index >= 15 is 0 Å². The number of aryl methyl sites for hydroxylation is 1. The average molecular weight is 476 g/mol. The van der Waals surface area contributed by atoms with Gasteiger partial charge in [0.1, 0.15) is 17.4 Å². The third kappa shape index (κ3) is 4.50. The van der Waals surface area contributed by atoms with Crippen LogP contribution in [-0.2, 0) is 22.6 Å². The summed E-state index contributed by atoms with van der Waals surface area (Å²) < 4.78 is 10.7. The van der Waals surface area contributed by atoms with Crippen LogP contribution in [0.25, 0.3) is 21.9 Å². The van der Waals surface area contributed by atoms with Gasteiger partial charge in [0.05, 0.1) is 13.2 Å². The van der Waals surface area contributed by atoms with E-state index < -0.39 is 24.2 Å². The third-order valence-corrected chi connectivity index (χ3v) is 6.30. The first-order valence-corrected chi connectivity index (χ1v) is 11.4. The first-order valence-electron chi connectivity index (χ1n) is 11.4. The van der Waals surface area contributed by atoms with E-state index in [0.29, 0.717) is 30.8 Å². The van der Waals surface area contributed by atoms with Crippen LogP contribution in [0.2, 0.25) is 0 Å². The molecule has 0 fully saturated rings. The molecule has 0 saturated heterocycles. The van der Waals surface area contributed by atoms with Crippen molar-refractivity contribution in [2.45, 2.75) is 25.9 Å². The van der Waals surface area contributed by atoms with E-state index in [0.717, 1.165) is 27.5 Å². The van der Waals surface area contributed by atoms with Crippen molar-refractivity contribution in [2.75, 3.05) is 19.8 Å². The molecule has 180 valence electrons. The third-order valence-electron chi connectivity index (χ3n) is 6.30. The summed E-state index contributed by atoms with van der Waals surface area (Å²) in [6.07, 6.45) is 0.692. The Labute approximate surface area is 200 Å². The van der Waals surface area contributed by atoms with E-state index in [1.54, 1.807) is 24.0 Å². The molecule has 1 aliphatic rings. The number of hydrogen-bond donors (Lipinski definition) is 3. The molecule has 0 radical (unpaired) electrons. The number of aromatic amines is 1. The summed E-state index contributed by atoms with van der Waals surface area (Å²) >= 11 is 0. The first kappa shape index (κ1) is 22.7. The molecule has 3 heterocycles. The lowest BCUT2D eigenvalue weighted by Crippen LogP contribution is -2.52. The number of ether oxygens (including phenoxy) is 1. The Morgan fingerprint density at radius 2 is 2.03 bits per heavy atom. The van der Waals surface area contributed by atoms with E-state index in [4.69, 9.17) is 9.15 Å². The molecule has 2 amide bonds. The second-order valence-electron chi connectivity index (χ2n) is 8.64. The number of para-hydroxylation sites is 1. The quantitative estimate of drug-likeness (QED) is 0.367. The van der Waals surface area contributed by atoms with E-state index in [1.165, 1.54) is 17.7 Å². The number of nitrogens with zero attached hydrogens (tertiary/aromatic N) is 1. The van der Waals surface area contributed by atoms with Crippen LogP contribution in [0.15, 0.2) is 57.7 Å². The van der Waals surface area contributed by atoms with Crippen LogP contribution in [0.3, 0.4) is 0 Å². The maximum absolute atomic E-state index is 13.0. The maximum atomic E-state index is 13.0. The van der Waals surface area contributed by atoms with Crippen LogP contribution in [0.1, 0.15) is 16.8 Å². The normalized spacial score (nSPS) is 14.1. The summed E-state index contributed by atoms with van der Waals surface area (Å²) in [7, 11) is 0. The van der Waals surface area contributed by atoms with Gasteiger partial charge in [-0.2, -0.15) is 0 Å². The van der Waals surface area contributed by atoms with Crippen molar-refractivity contribution in [3.8, 4) is 5.75 Å². The van der Waals surface area contributed by atoms with Crippen molar-refractivity contribution in [3.63, 3.8) is 0 Å². The van der Waals surface area contributed by atoms with Crippen molar-refractivity contribution in [1.29, 1.82) is 0 Å². The molecule has 35 heavy (non-hydrogen) atoms. The van der Waals surface area contributed by atoms with Gasteiger partial charge in [0.25, 0.3) is 5.91 Å². The predicted molar refractivity (Wildman–Crippen MR) is 129 cm³/mol. The van der Waals surface area contributed by atoms with E-state index in [9.17, 15) is 19.5 Å². The van der Waals surface area contributed by atoms with Crippen molar-refractivity contribution < 1.29 is 23.8 Å². The number of benzene rings is 2. The maximum Gasteiger partial charge on any atom is 0.336 e. The Hall–Kier alpha value is -4.11. The van der Waals surface area contributed by atoms with E-state index in [2.05, 4.69) is 16.4 Å². The van der Waals surface area contributed by atoms with Gasteiger partial charge in [0.2, 0.25) is 5.91 Å². The number of amides is 2. The smallest absolute Gasteiger partial charge is 0.336 e. The van der Waals surface area contributed by atoms with Gasteiger partial charge in [0, 0.05) is 40.7 Å². The minimum atomic E-state index is -1.07. The molecule has 9 heteroatoms. The predicted octanol–water partition coefficient (Wildman–Crippen LogP) is 2.02. The largest absolute Gasteiger partial charge is 0.484 e. The topological polar surface area (TPSA) is 125 Å². The molecular weight excluding hydrogens is 450 g/mol. The highest BCUT2D eigenvalue weighted by Crippen LogP contribution is 2.27. The number of aromatic nitrogens is 1. The zero-order chi connectivity index (χ0) is 24.5. The standard InChI is InChI=1S/C26H25N3O6/c1-15-10-25(32)35-23-11-16(6-7-17(15)23)34-14-24(31)28-22(13-30)26(33)29-9-8-19-18-4-2-3-5-20(18)27-21(19)12-29/h2-7,10-11,22,27,30H,8-9,12-14H2,1H3,(H,28,31). The molecule has 2 aromatic carbocycles. The molecule has 1 aliphatic heterocycles. The second kappa shape index (κ2) is 9.27. The lowest BCUT2D eigenvalue weighted by Gasteiger charge is -2.30. The summed E-state index contributed by atoms with van der Waals surface area (Å²) in [6.45, 7) is 1.80. The summed E-state index contributed by atoms with van der Waals surface area (Å²) in [5.41, 5.74) is 3.87. The van der Waals surface area contributed by atoms with Crippen molar-refractivity contribution in [3.05, 3.63) is 75.8 Å². The van der Waals surface area contributed by atoms with Gasteiger partial charge in [-0.15, -0.1) is 0 Å². The van der Waals surface area contributed by atoms with Gasteiger partial charge in [-0.25, -0.2) is 4.79 Å². The minimum Gasteiger partial charge on any atom is -0.484 e. The van der Waals surface area contributed by atoms with Crippen LogP contribution in [-0.4, -0.2) is 52.6 Å². The van der Waals surface area contributed by atoms with Crippen LogP contribution in [0, 0.1) is 6.92 Å². The summed E-state index contributed by atoms with van der Waals surface area (Å²) in [5, 5.41) is 14.3. The summed E-state index contributed by atoms with van der Waals surface area (Å²) in [5.74, 6) is -0.560. The molecule has 0 aliphatic carbocycles. The van der Waals surface area contributed by atoms with Gasteiger partial charge in [-0.05, 0) is 42.7 Å². The average Bonchev–Trinajstić information content (AvgIpc) is 3.23. The Morgan fingerprint density at radius 1 is 1.20 bits per heavy atom. The number of nitrogens with one attached hydrogen (secondary N) is 2. The zero-order valence-corrected chi connectivity index (χ0v) is 19.2. The zero-order valence-electron chi connectivity index (χ0n) is 19.2. The number of aliphatic hydroxyl groups excluding tert-OH is 1. The van der Waals surface area contributed by atoms with Gasteiger partial charge in [-0.3, -0.25) is 9.59 Å². The summed E-state index contributed by atoms with van der Waals surface area (Å²) in [6, 6.07) is 13.3. The Balaban J connectivity index is 1.21. The van der Waals surface area contributed by atoms with Crippen molar-refractivity contribution in [1.82, 2.24) is 15.2 Å². The number of aliphatic hydroxyl groups is 1. The van der Waals surface area contributed by atoms with Crippen LogP contribution < -0.4 is 15.7 Å². The van der Waals surface area contributed by atoms with Crippen LogP contribution in [0.4, 0.5) is 0 Å². The number of rotatable bonds is 6. The fraction of sp³-hybridized carbons (Fsp3) is 0.269. The number of carbonyl (C=O) groups excluding carboxylic acids is 2. The van der Waals surface area contributed by atoms with Gasteiger partial charge in [0.15, 0.2) is 6.61 Å². The molecule has 0 spiro atoms. The number of H-pyrrole nitrogens is 1. The van der Waals surface area contributed by atoms with Gasteiger partial charge >= 0.3 is 5.63 Å². The first-order chi connectivity index (χ1) is 16.9. The highest BCUT2D eigenvalue weighted by atomic mass is 16.5. The number of carbonyl (C=O) groups is 2. The summed E-state index contributed by atoms with van der Waals surface area (Å²) in [4.78, 5) is 42.1. The minimum absolute atomic E-state index is 0.343. The molecule has 5 rings (SSSR count). The molecule has 1 unspecified atom stereocenters. The molecule has 0 saturated carbocycles. The Morgan fingerprint density at radius 3 is 2.86 bits per heavy atom. The van der Waals surface area contributed by atoms with Crippen LogP contribution in [0.5, 0.6) is 5.75 Å². The van der Waals surface area contributed by atoms with E-state index in [-0.39, 0.29) is 12.5 Å². The lowest BCUT2D eigenvalue weighted by atomic mass is 10.0. The molecule has 2 aromatic heterocycles. The fourth-order valence-corrected chi connectivity index (χ4v) is 4.57. The van der Waals surface area contributed by atoms with Crippen molar-refractivity contribution in [2.24, 2.45) is 0 Å². The lowest BCUT2D eigenvalue weighted by molar-refractivity contribution is -0.138. The molecular formula is C26H25N3O6. The van der Waals surface area contributed by atoms with Gasteiger partial charge in [-0.1, -0.05) is 18.2 Å². The monoisotopic (exact) mass is 475 g/mol.